The molecule has 0 bridgehead atoms. The van der Waals surface area contributed by atoms with E-state index in [-0.39, 0.29) is 6.15 Å². The van der Waals surface area contributed by atoms with Crippen LogP contribution < -0.4 is 6.15 Å². The summed E-state index contributed by atoms with van der Waals surface area (Å²) in [6, 6.07) is 8.03. The summed E-state index contributed by atoms with van der Waals surface area (Å²) >= 11 is 5.76. The number of benzene rings is 1. The molecule has 58 valence electrons. The van der Waals surface area contributed by atoms with Crippen molar-refractivity contribution < 1.29 is 0 Å². The molecule has 1 aromatic carbocycles. The van der Waals surface area contributed by atoms with Crippen LogP contribution in [0.4, 0.5) is 0 Å². The van der Waals surface area contributed by atoms with E-state index in [0.717, 1.165) is 9.86 Å². The Morgan fingerprint density at radius 3 is 2.73 bits per heavy atom. The Morgan fingerprint density at radius 1 is 1.27 bits per heavy atom. The first-order valence-electron chi connectivity index (χ1n) is 2.91. The quantitative estimate of drug-likeness (QED) is 0.618. The van der Waals surface area contributed by atoms with Gasteiger partial charge in [0.1, 0.15) is 4.34 Å². The fourth-order valence-electron chi connectivity index (χ4n) is 0.860. The zero-order chi connectivity index (χ0) is 6.97. The summed E-state index contributed by atoms with van der Waals surface area (Å²) in [7, 11) is 0. The van der Waals surface area contributed by atoms with Crippen LogP contribution in [0.2, 0.25) is 0 Å². The summed E-state index contributed by atoms with van der Waals surface area (Å²) in [5.41, 5.74) is 1.04. The van der Waals surface area contributed by atoms with E-state index in [1.807, 2.05) is 24.3 Å². The summed E-state index contributed by atoms with van der Waals surface area (Å²) in [4.78, 5) is 4.20. The Labute approximate surface area is 74.3 Å². The predicted octanol–water partition coefficient (Wildman–Crippen LogP) is 2.75. The van der Waals surface area contributed by atoms with E-state index in [4.69, 9.17) is 0 Å². The van der Waals surface area contributed by atoms with Gasteiger partial charge in [0.2, 0.25) is 0 Å². The van der Waals surface area contributed by atoms with Gasteiger partial charge in [-0.2, -0.15) is 0 Å². The summed E-state index contributed by atoms with van der Waals surface area (Å²) in [6.07, 6.45) is 0. The molecule has 11 heavy (non-hydrogen) atoms. The Kier molecular flexibility index (Phi) is 2.49. The highest BCUT2D eigenvalue weighted by atomic mass is 32.2. The second-order valence-electron chi connectivity index (χ2n) is 1.96. The zero-order valence-corrected chi connectivity index (χ0v) is 7.53. The predicted molar refractivity (Wildman–Crippen MR) is 51.9 cm³/mol. The number of fused-ring (bicyclic) bond motifs is 1. The number of para-hydroxylation sites is 1. The minimum atomic E-state index is 0. The maximum absolute atomic E-state index is 4.20. The highest BCUT2D eigenvalue weighted by Crippen LogP contribution is 2.23. The smallest absolute Gasteiger partial charge is 0.148 e. The van der Waals surface area contributed by atoms with Crippen molar-refractivity contribution in [2.24, 2.45) is 0 Å². The van der Waals surface area contributed by atoms with Crippen LogP contribution in [-0.4, -0.2) is 4.98 Å². The molecule has 0 amide bonds. The van der Waals surface area contributed by atoms with Gasteiger partial charge in [-0.15, -0.1) is 24.0 Å². The average molecular weight is 184 g/mol. The Bertz CT molecular complexity index is 323. The van der Waals surface area contributed by atoms with E-state index < -0.39 is 0 Å². The van der Waals surface area contributed by atoms with Gasteiger partial charge in [0.05, 0.1) is 10.2 Å². The van der Waals surface area contributed by atoms with Crippen molar-refractivity contribution in [2.45, 2.75) is 4.34 Å². The third kappa shape index (κ3) is 1.53. The molecular weight excluding hydrogens is 176 g/mol. The second-order valence-corrected chi connectivity index (χ2v) is 3.72. The molecular formula is C7H8N2S2. The van der Waals surface area contributed by atoms with Crippen molar-refractivity contribution in [1.29, 1.82) is 0 Å². The number of aromatic nitrogens is 1. The molecule has 0 saturated heterocycles. The van der Waals surface area contributed by atoms with Crippen LogP contribution in [0.25, 0.3) is 10.2 Å². The first-order chi connectivity index (χ1) is 4.86. The lowest BCUT2D eigenvalue weighted by Gasteiger charge is -1.80. The molecule has 0 atom stereocenters. The van der Waals surface area contributed by atoms with Crippen molar-refractivity contribution in [1.82, 2.24) is 11.1 Å². The summed E-state index contributed by atoms with van der Waals surface area (Å²) in [6.45, 7) is 0. The zero-order valence-electron chi connectivity index (χ0n) is 5.82. The SMILES string of the molecule is N.Sc1nc2ccccc2s1. The van der Waals surface area contributed by atoms with Crippen LogP contribution in [0.1, 0.15) is 0 Å². The molecule has 1 aromatic heterocycles. The summed E-state index contributed by atoms with van der Waals surface area (Å²) in [5, 5.41) is 0. The molecule has 0 aliphatic carbocycles. The molecule has 4 heteroatoms. The van der Waals surface area contributed by atoms with E-state index in [9.17, 15) is 0 Å². The number of nitrogens with zero attached hydrogens (tertiary/aromatic N) is 1. The van der Waals surface area contributed by atoms with E-state index in [1.54, 1.807) is 11.3 Å². The molecule has 3 N–H and O–H groups in total. The number of hydrogen-bond acceptors (Lipinski definition) is 4. The standard InChI is InChI=1S/C7H5NS2.H3N/c9-7-8-5-3-1-2-4-6(5)10-7;/h1-4H,(H,8,9);1H3. The van der Waals surface area contributed by atoms with Gasteiger partial charge in [0.25, 0.3) is 0 Å². The maximum Gasteiger partial charge on any atom is 0.148 e. The van der Waals surface area contributed by atoms with E-state index in [2.05, 4.69) is 17.6 Å². The maximum atomic E-state index is 4.20. The van der Waals surface area contributed by atoms with Crippen LogP contribution in [0, 0.1) is 0 Å². The van der Waals surface area contributed by atoms with E-state index in [0.29, 0.717) is 0 Å². The Morgan fingerprint density at radius 2 is 2.00 bits per heavy atom. The largest absolute Gasteiger partial charge is 0.344 e. The Hall–Kier alpha value is -0.580. The summed E-state index contributed by atoms with van der Waals surface area (Å²) in [5.74, 6) is 0. The first kappa shape index (κ1) is 8.52. The summed E-state index contributed by atoms with van der Waals surface area (Å²) < 4.78 is 2.04. The topological polar surface area (TPSA) is 47.9 Å². The molecule has 0 aliphatic heterocycles. The van der Waals surface area contributed by atoms with Crippen molar-refractivity contribution in [3.63, 3.8) is 0 Å². The van der Waals surface area contributed by atoms with Crippen molar-refractivity contribution in [3.8, 4) is 0 Å². The van der Waals surface area contributed by atoms with Crippen molar-refractivity contribution in [3.05, 3.63) is 24.3 Å². The van der Waals surface area contributed by atoms with Gasteiger partial charge in [0.15, 0.2) is 0 Å². The van der Waals surface area contributed by atoms with Gasteiger partial charge < -0.3 is 6.15 Å². The minimum Gasteiger partial charge on any atom is -0.344 e. The Balaban J connectivity index is 0.000000605. The van der Waals surface area contributed by atoms with Crippen molar-refractivity contribution in [2.75, 3.05) is 0 Å². The average Bonchev–Trinajstić information content (AvgIpc) is 2.27. The second kappa shape index (κ2) is 3.21. The van der Waals surface area contributed by atoms with Gasteiger partial charge in [0, 0.05) is 0 Å². The molecule has 0 radical (unpaired) electrons. The van der Waals surface area contributed by atoms with E-state index >= 15 is 0 Å². The fraction of sp³-hybridized carbons (Fsp3) is 0. The number of thiazole rings is 1. The number of thiol groups is 1. The lowest BCUT2D eigenvalue weighted by molar-refractivity contribution is 1.31. The third-order valence-corrected chi connectivity index (χ3v) is 2.50. The van der Waals surface area contributed by atoms with Crippen LogP contribution in [-0.2, 0) is 0 Å². The number of rotatable bonds is 0. The van der Waals surface area contributed by atoms with Crippen molar-refractivity contribution >= 4 is 34.2 Å². The molecule has 0 fully saturated rings. The molecule has 2 nitrogen and oxygen atoms in total. The monoisotopic (exact) mass is 184 g/mol. The highest BCUT2D eigenvalue weighted by molar-refractivity contribution is 7.82. The van der Waals surface area contributed by atoms with Gasteiger partial charge in [-0.25, -0.2) is 4.98 Å². The van der Waals surface area contributed by atoms with Crippen LogP contribution >= 0.6 is 24.0 Å². The normalized spacial score (nSPS) is 9.55. The molecule has 1 heterocycles. The molecule has 0 aliphatic rings. The lowest BCUT2D eigenvalue weighted by Crippen LogP contribution is -1.63. The first-order valence-corrected chi connectivity index (χ1v) is 4.17. The van der Waals surface area contributed by atoms with Gasteiger partial charge in [-0.3, -0.25) is 0 Å². The molecule has 0 spiro atoms. The van der Waals surface area contributed by atoms with E-state index in [1.165, 1.54) is 4.70 Å². The van der Waals surface area contributed by atoms with Crippen LogP contribution in [0.3, 0.4) is 0 Å². The number of hydrogen-bond donors (Lipinski definition) is 2. The van der Waals surface area contributed by atoms with Crippen LogP contribution in [0.5, 0.6) is 0 Å². The fourth-order valence-corrected chi connectivity index (χ4v) is 1.97. The molecule has 2 rings (SSSR count). The highest BCUT2D eigenvalue weighted by Gasteiger charge is 1.96. The molecule has 0 saturated carbocycles. The van der Waals surface area contributed by atoms with Crippen LogP contribution in [0.15, 0.2) is 28.6 Å². The third-order valence-electron chi connectivity index (χ3n) is 1.28. The van der Waals surface area contributed by atoms with Gasteiger partial charge >= 0.3 is 0 Å². The molecule has 2 aromatic rings. The molecule has 0 unspecified atom stereocenters. The van der Waals surface area contributed by atoms with Gasteiger partial charge in [-0.05, 0) is 12.1 Å². The lowest BCUT2D eigenvalue weighted by atomic mass is 10.3. The van der Waals surface area contributed by atoms with Gasteiger partial charge in [-0.1, -0.05) is 12.1 Å². The minimum absolute atomic E-state index is 0.